The molecule has 24 heavy (non-hydrogen) atoms. The van der Waals surface area contributed by atoms with Crippen molar-refractivity contribution in [2.24, 2.45) is 34.0 Å². The van der Waals surface area contributed by atoms with Gasteiger partial charge in [0.05, 0.1) is 11.0 Å². The number of rotatable bonds is 2. The van der Waals surface area contributed by atoms with E-state index in [0.717, 1.165) is 19.3 Å². The Hall–Kier alpha value is -0.570. The fraction of sp³-hybridized carbons (Fsp3) is 0.952. The van der Waals surface area contributed by atoms with Crippen molar-refractivity contribution in [3.05, 3.63) is 0 Å². The number of methoxy groups -OCH3 is 1. The second kappa shape index (κ2) is 4.99. The first-order valence-electron chi connectivity index (χ1n) is 9.99. The Labute approximate surface area is 146 Å². The van der Waals surface area contributed by atoms with Gasteiger partial charge in [-0.1, -0.05) is 13.3 Å². The van der Waals surface area contributed by atoms with Crippen LogP contribution in [0.3, 0.4) is 0 Å². The number of carbonyl (C=O) groups is 1. The van der Waals surface area contributed by atoms with Gasteiger partial charge in [0.15, 0.2) is 0 Å². The van der Waals surface area contributed by atoms with Crippen LogP contribution in [0.2, 0.25) is 0 Å². The van der Waals surface area contributed by atoms with Crippen LogP contribution in [0.25, 0.3) is 0 Å². The molecule has 0 amide bonds. The molecule has 7 unspecified atom stereocenters. The van der Waals surface area contributed by atoms with Crippen LogP contribution in [0.5, 0.6) is 0 Å². The molecule has 2 bridgehead atoms. The molecule has 4 aliphatic rings. The van der Waals surface area contributed by atoms with E-state index >= 15 is 0 Å². The molecule has 3 nitrogen and oxygen atoms in total. The van der Waals surface area contributed by atoms with Gasteiger partial charge in [-0.2, -0.15) is 0 Å². The second-order valence-corrected chi connectivity index (χ2v) is 10.3. The molecule has 0 aliphatic heterocycles. The summed E-state index contributed by atoms with van der Waals surface area (Å²) < 4.78 is 6.01. The van der Waals surface area contributed by atoms with Crippen LogP contribution >= 0.6 is 0 Å². The molecule has 136 valence electrons. The Kier molecular flexibility index (Phi) is 3.51. The lowest BCUT2D eigenvalue weighted by atomic mass is 9.41. The minimum Gasteiger partial charge on any atom is -0.481 e. The first-order valence-corrected chi connectivity index (χ1v) is 9.99. The summed E-state index contributed by atoms with van der Waals surface area (Å²) in [6.07, 6.45) is 10.5. The number of hydrogen-bond acceptors (Lipinski definition) is 2. The van der Waals surface area contributed by atoms with Gasteiger partial charge in [0.25, 0.3) is 0 Å². The Balaban J connectivity index is 1.73. The smallest absolute Gasteiger partial charge is 0.309 e. The highest BCUT2D eigenvalue weighted by molar-refractivity contribution is 5.75. The lowest BCUT2D eigenvalue weighted by Gasteiger charge is -2.63. The normalized spacial score (nSPS) is 56.4. The van der Waals surface area contributed by atoms with Crippen molar-refractivity contribution in [3.63, 3.8) is 0 Å². The monoisotopic (exact) mass is 334 g/mol. The van der Waals surface area contributed by atoms with E-state index < -0.39 is 11.4 Å². The summed E-state index contributed by atoms with van der Waals surface area (Å²) in [5.74, 6) is 1.18. The molecule has 7 atom stereocenters. The topological polar surface area (TPSA) is 46.5 Å². The minimum absolute atomic E-state index is 0.0444. The highest BCUT2D eigenvalue weighted by Gasteiger charge is 2.67. The molecule has 3 heteroatoms. The SMILES string of the molecule is COC1(C)CC23CCC4C(C)(C(=O)O)CCCC4(C)C2CCC1C3. The van der Waals surface area contributed by atoms with Crippen molar-refractivity contribution < 1.29 is 14.6 Å². The summed E-state index contributed by atoms with van der Waals surface area (Å²) in [5.41, 5.74) is 0.140. The van der Waals surface area contributed by atoms with Crippen molar-refractivity contribution in [1.29, 1.82) is 0 Å². The molecular weight excluding hydrogens is 300 g/mol. The molecule has 4 fully saturated rings. The zero-order valence-electron chi connectivity index (χ0n) is 15.9. The molecule has 0 aromatic heterocycles. The molecule has 4 saturated carbocycles. The molecule has 0 aromatic carbocycles. The summed E-state index contributed by atoms with van der Waals surface area (Å²) in [4.78, 5) is 12.1. The van der Waals surface area contributed by atoms with E-state index in [2.05, 4.69) is 13.8 Å². The fourth-order valence-corrected chi connectivity index (χ4v) is 8.27. The van der Waals surface area contributed by atoms with Gasteiger partial charge in [0.1, 0.15) is 0 Å². The van der Waals surface area contributed by atoms with E-state index in [1.54, 1.807) is 0 Å². The first kappa shape index (κ1) is 16.9. The average Bonchev–Trinajstić information content (AvgIpc) is 2.73. The van der Waals surface area contributed by atoms with Crippen LogP contribution in [0.15, 0.2) is 0 Å². The quantitative estimate of drug-likeness (QED) is 0.782. The van der Waals surface area contributed by atoms with Crippen LogP contribution in [-0.4, -0.2) is 23.8 Å². The first-order chi connectivity index (χ1) is 11.2. The highest BCUT2D eigenvalue weighted by Crippen LogP contribution is 2.73. The maximum Gasteiger partial charge on any atom is 0.309 e. The second-order valence-electron chi connectivity index (χ2n) is 10.3. The van der Waals surface area contributed by atoms with Crippen LogP contribution in [0.4, 0.5) is 0 Å². The molecular formula is C21H34O3. The number of hydrogen-bond donors (Lipinski definition) is 1. The molecule has 0 saturated heterocycles. The van der Waals surface area contributed by atoms with Crippen molar-refractivity contribution in [2.75, 3.05) is 7.11 Å². The third-order valence-electron chi connectivity index (χ3n) is 9.42. The van der Waals surface area contributed by atoms with Gasteiger partial charge in [-0.3, -0.25) is 4.79 Å². The number of fused-ring (bicyclic) bond motifs is 3. The van der Waals surface area contributed by atoms with Gasteiger partial charge in [-0.05, 0) is 93.8 Å². The molecule has 0 aromatic rings. The predicted molar refractivity (Wildman–Crippen MR) is 93.7 cm³/mol. The number of aliphatic carboxylic acids is 1. The third-order valence-corrected chi connectivity index (χ3v) is 9.42. The van der Waals surface area contributed by atoms with Gasteiger partial charge in [0.2, 0.25) is 0 Å². The predicted octanol–water partition coefficient (Wildman–Crippen LogP) is 4.89. The number of carboxylic acids is 1. The third kappa shape index (κ3) is 1.91. The minimum atomic E-state index is -0.559. The fourth-order valence-electron chi connectivity index (χ4n) is 8.27. The van der Waals surface area contributed by atoms with Gasteiger partial charge in [-0.15, -0.1) is 0 Å². The molecule has 4 aliphatic carbocycles. The Bertz CT molecular complexity index is 559. The molecule has 1 spiro atoms. The van der Waals surface area contributed by atoms with E-state index in [1.165, 1.54) is 38.5 Å². The summed E-state index contributed by atoms with van der Waals surface area (Å²) in [7, 11) is 1.89. The zero-order valence-corrected chi connectivity index (χ0v) is 15.9. The Morgan fingerprint density at radius 2 is 1.79 bits per heavy atom. The maximum absolute atomic E-state index is 12.1. The summed E-state index contributed by atoms with van der Waals surface area (Å²) >= 11 is 0. The largest absolute Gasteiger partial charge is 0.481 e. The zero-order chi connectivity index (χ0) is 17.4. The van der Waals surface area contributed by atoms with Crippen LogP contribution in [0.1, 0.15) is 78.6 Å². The number of ether oxygens (including phenoxy) is 1. The van der Waals surface area contributed by atoms with Crippen molar-refractivity contribution in [2.45, 2.75) is 84.2 Å². The average molecular weight is 335 g/mol. The Morgan fingerprint density at radius 1 is 1.04 bits per heavy atom. The van der Waals surface area contributed by atoms with E-state index in [-0.39, 0.29) is 11.0 Å². The van der Waals surface area contributed by atoms with E-state index in [4.69, 9.17) is 4.74 Å². The Morgan fingerprint density at radius 3 is 2.46 bits per heavy atom. The summed E-state index contributed by atoms with van der Waals surface area (Å²) in [6.45, 7) is 6.81. The van der Waals surface area contributed by atoms with E-state index in [1.807, 2.05) is 14.0 Å². The highest BCUT2D eigenvalue weighted by atomic mass is 16.5. The van der Waals surface area contributed by atoms with Crippen molar-refractivity contribution >= 4 is 5.97 Å². The van der Waals surface area contributed by atoms with Crippen molar-refractivity contribution in [1.82, 2.24) is 0 Å². The number of carboxylic acid groups (broad SMARTS) is 1. The molecule has 4 rings (SSSR count). The van der Waals surface area contributed by atoms with Gasteiger partial charge in [0, 0.05) is 7.11 Å². The van der Waals surface area contributed by atoms with Gasteiger partial charge < -0.3 is 9.84 Å². The standard InChI is InChI=1S/C21H34O3/c1-18-9-5-10-19(2,17(22)23)15(18)8-11-21-12-14(6-7-16(18)21)20(3,13-21)24-4/h14-16H,5-13H2,1-4H3,(H,22,23). The molecule has 0 heterocycles. The lowest BCUT2D eigenvalue weighted by Crippen LogP contribution is -2.58. The van der Waals surface area contributed by atoms with Crippen LogP contribution in [-0.2, 0) is 9.53 Å². The van der Waals surface area contributed by atoms with Crippen molar-refractivity contribution in [3.8, 4) is 0 Å². The molecule has 0 radical (unpaired) electrons. The molecule has 1 N–H and O–H groups in total. The summed E-state index contributed by atoms with van der Waals surface area (Å²) in [6, 6.07) is 0. The summed E-state index contributed by atoms with van der Waals surface area (Å²) in [5, 5.41) is 9.98. The maximum atomic E-state index is 12.1. The van der Waals surface area contributed by atoms with E-state index in [0.29, 0.717) is 23.2 Å². The van der Waals surface area contributed by atoms with Gasteiger partial charge in [-0.25, -0.2) is 0 Å². The lowest BCUT2D eigenvalue weighted by molar-refractivity contribution is -0.181. The van der Waals surface area contributed by atoms with Crippen LogP contribution in [0, 0.1) is 34.0 Å². The van der Waals surface area contributed by atoms with Crippen LogP contribution < -0.4 is 0 Å². The van der Waals surface area contributed by atoms with E-state index in [9.17, 15) is 9.90 Å². The van der Waals surface area contributed by atoms with Gasteiger partial charge >= 0.3 is 5.97 Å².